The molecule has 1 fully saturated rings. The third-order valence-corrected chi connectivity index (χ3v) is 4.15. The van der Waals surface area contributed by atoms with Crippen molar-refractivity contribution in [2.24, 2.45) is 5.41 Å². The Kier molecular flexibility index (Phi) is 4.56. The zero-order chi connectivity index (χ0) is 11.5. The van der Waals surface area contributed by atoms with Crippen LogP contribution in [0, 0.1) is 5.41 Å². The van der Waals surface area contributed by atoms with E-state index in [0.29, 0.717) is 12.1 Å². The number of nitrogens with one attached hydrogen (secondary N) is 1. The lowest BCUT2D eigenvalue weighted by Gasteiger charge is -2.56. The van der Waals surface area contributed by atoms with Crippen molar-refractivity contribution in [3.8, 4) is 0 Å². The summed E-state index contributed by atoms with van der Waals surface area (Å²) in [7, 11) is 1.80. The molecule has 2 unspecified atom stereocenters. The largest absolute Gasteiger partial charge is 0.395 e. The van der Waals surface area contributed by atoms with Gasteiger partial charge in [0.15, 0.2) is 0 Å². The van der Waals surface area contributed by atoms with Crippen LogP contribution in [0.2, 0.25) is 0 Å². The van der Waals surface area contributed by atoms with Crippen LogP contribution < -0.4 is 5.32 Å². The minimum atomic E-state index is 0.185. The molecule has 3 heteroatoms. The van der Waals surface area contributed by atoms with E-state index in [9.17, 15) is 0 Å². The maximum Gasteiger partial charge on any atom is 0.0657 e. The van der Waals surface area contributed by atoms with Crippen LogP contribution in [0.15, 0.2) is 0 Å². The second-order valence-electron chi connectivity index (χ2n) is 4.70. The zero-order valence-electron chi connectivity index (χ0n) is 10.4. The molecule has 0 heterocycles. The zero-order valence-corrected chi connectivity index (χ0v) is 10.4. The number of hydrogen-bond donors (Lipinski definition) is 2. The highest BCUT2D eigenvalue weighted by molar-refractivity contribution is 5.07. The Morgan fingerprint density at radius 3 is 2.47 bits per heavy atom. The Bertz CT molecular complexity index is 192. The van der Waals surface area contributed by atoms with Crippen LogP contribution in [-0.2, 0) is 4.74 Å². The molecule has 90 valence electrons. The third-order valence-electron chi connectivity index (χ3n) is 4.15. The number of aliphatic hydroxyl groups excluding tert-OH is 1. The molecule has 0 saturated heterocycles. The Balaban J connectivity index is 2.60. The van der Waals surface area contributed by atoms with E-state index in [1.807, 2.05) is 6.92 Å². The van der Waals surface area contributed by atoms with Crippen LogP contribution in [0.25, 0.3) is 0 Å². The molecule has 3 nitrogen and oxygen atoms in total. The van der Waals surface area contributed by atoms with Gasteiger partial charge in [0.05, 0.1) is 12.7 Å². The third kappa shape index (κ3) is 2.19. The van der Waals surface area contributed by atoms with E-state index in [1.165, 1.54) is 0 Å². The van der Waals surface area contributed by atoms with Crippen LogP contribution in [-0.4, -0.2) is 37.0 Å². The van der Waals surface area contributed by atoms with Crippen molar-refractivity contribution >= 4 is 0 Å². The van der Waals surface area contributed by atoms with Crippen molar-refractivity contribution < 1.29 is 9.84 Å². The molecule has 3 atom stereocenters. The fourth-order valence-electron chi connectivity index (χ4n) is 2.91. The average molecular weight is 215 g/mol. The molecular formula is C12H25NO2. The van der Waals surface area contributed by atoms with Gasteiger partial charge in [0.1, 0.15) is 0 Å². The van der Waals surface area contributed by atoms with Gasteiger partial charge in [0.25, 0.3) is 0 Å². The maximum absolute atomic E-state index is 9.05. The number of ether oxygens (including phenoxy) is 1. The van der Waals surface area contributed by atoms with Gasteiger partial charge < -0.3 is 15.2 Å². The molecule has 1 aliphatic carbocycles. The summed E-state index contributed by atoms with van der Waals surface area (Å²) in [5, 5.41) is 12.5. The van der Waals surface area contributed by atoms with E-state index < -0.39 is 0 Å². The van der Waals surface area contributed by atoms with E-state index in [1.54, 1.807) is 7.11 Å². The van der Waals surface area contributed by atoms with Gasteiger partial charge >= 0.3 is 0 Å². The minimum Gasteiger partial charge on any atom is -0.395 e. The summed E-state index contributed by atoms with van der Waals surface area (Å²) in [6.07, 6.45) is 3.73. The summed E-state index contributed by atoms with van der Waals surface area (Å²) in [6.45, 7) is 6.69. The molecular weight excluding hydrogens is 190 g/mol. The predicted molar refractivity (Wildman–Crippen MR) is 61.9 cm³/mol. The van der Waals surface area contributed by atoms with Gasteiger partial charge in [-0.3, -0.25) is 0 Å². The molecule has 0 radical (unpaired) electrons. The summed E-state index contributed by atoms with van der Waals surface area (Å²) in [5.74, 6) is 0. The van der Waals surface area contributed by atoms with Crippen LogP contribution in [0.1, 0.15) is 40.0 Å². The summed E-state index contributed by atoms with van der Waals surface area (Å²) >= 11 is 0. The molecule has 0 aliphatic heterocycles. The highest BCUT2D eigenvalue weighted by Crippen LogP contribution is 2.48. The molecule has 1 saturated carbocycles. The van der Waals surface area contributed by atoms with Crippen molar-refractivity contribution in [1.82, 2.24) is 5.32 Å². The lowest BCUT2D eigenvalue weighted by atomic mass is 9.58. The molecule has 0 amide bonds. The molecule has 0 spiro atoms. The fourth-order valence-corrected chi connectivity index (χ4v) is 2.91. The van der Waals surface area contributed by atoms with E-state index in [2.05, 4.69) is 19.2 Å². The highest BCUT2D eigenvalue weighted by atomic mass is 16.5. The molecule has 2 N–H and O–H groups in total. The second-order valence-corrected chi connectivity index (χ2v) is 4.70. The van der Waals surface area contributed by atoms with Crippen LogP contribution in [0.5, 0.6) is 0 Å². The van der Waals surface area contributed by atoms with Gasteiger partial charge in [0.2, 0.25) is 0 Å². The first-order valence-electron chi connectivity index (χ1n) is 6.04. The number of hydrogen-bond acceptors (Lipinski definition) is 3. The van der Waals surface area contributed by atoms with Gasteiger partial charge in [-0.05, 0) is 26.2 Å². The summed E-state index contributed by atoms with van der Waals surface area (Å²) in [6, 6.07) is 0.685. The quantitative estimate of drug-likeness (QED) is 0.706. The summed E-state index contributed by atoms with van der Waals surface area (Å²) < 4.78 is 5.53. The van der Waals surface area contributed by atoms with E-state index in [0.717, 1.165) is 19.3 Å². The first kappa shape index (κ1) is 12.9. The van der Waals surface area contributed by atoms with Crippen molar-refractivity contribution in [1.29, 1.82) is 0 Å². The van der Waals surface area contributed by atoms with Gasteiger partial charge in [-0.1, -0.05) is 13.8 Å². The predicted octanol–water partition coefficient (Wildman–Crippen LogP) is 1.55. The molecule has 15 heavy (non-hydrogen) atoms. The van der Waals surface area contributed by atoms with Crippen LogP contribution >= 0.6 is 0 Å². The number of methoxy groups -OCH3 is 1. The number of aliphatic hydroxyl groups is 1. The Labute approximate surface area is 93.2 Å². The lowest BCUT2D eigenvalue weighted by molar-refractivity contribution is -0.126. The standard InChI is InChI=1S/C12H25NO2/c1-5-12(6-2)10(7-11(12)15-4)13-9(3)8-14/h9-11,13-14H,5-8H2,1-4H3/t9-,10?,11?/m1/s1. The molecule has 1 rings (SSSR count). The SMILES string of the molecule is CCC1(CC)C(N[C@H](C)CO)CC1OC. The normalized spacial score (nSPS) is 31.0. The molecule has 0 bridgehead atoms. The van der Waals surface area contributed by atoms with Gasteiger partial charge in [-0.25, -0.2) is 0 Å². The second kappa shape index (κ2) is 5.28. The minimum absolute atomic E-state index is 0.185. The molecule has 0 aromatic carbocycles. The van der Waals surface area contributed by atoms with Crippen molar-refractivity contribution in [3.63, 3.8) is 0 Å². The summed E-state index contributed by atoms with van der Waals surface area (Å²) in [4.78, 5) is 0. The smallest absolute Gasteiger partial charge is 0.0657 e. The lowest BCUT2D eigenvalue weighted by Crippen LogP contribution is -2.64. The Hall–Kier alpha value is -0.120. The topological polar surface area (TPSA) is 41.5 Å². The molecule has 1 aliphatic rings. The fraction of sp³-hybridized carbons (Fsp3) is 1.00. The van der Waals surface area contributed by atoms with Crippen LogP contribution in [0.4, 0.5) is 0 Å². The van der Waals surface area contributed by atoms with Gasteiger partial charge in [0, 0.05) is 24.6 Å². The monoisotopic (exact) mass is 215 g/mol. The highest BCUT2D eigenvalue weighted by Gasteiger charge is 2.52. The molecule has 0 aromatic rings. The Morgan fingerprint density at radius 1 is 1.47 bits per heavy atom. The van der Waals surface area contributed by atoms with Crippen molar-refractivity contribution in [2.75, 3.05) is 13.7 Å². The Morgan fingerprint density at radius 2 is 2.07 bits per heavy atom. The van der Waals surface area contributed by atoms with Crippen molar-refractivity contribution in [3.05, 3.63) is 0 Å². The van der Waals surface area contributed by atoms with Gasteiger partial charge in [-0.2, -0.15) is 0 Å². The first-order chi connectivity index (χ1) is 7.14. The van der Waals surface area contributed by atoms with Crippen molar-refractivity contribution in [2.45, 2.75) is 58.2 Å². The van der Waals surface area contributed by atoms with E-state index in [-0.39, 0.29) is 18.1 Å². The summed E-state index contributed by atoms with van der Waals surface area (Å²) in [5.41, 5.74) is 0.276. The van der Waals surface area contributed by atoms with E-state index >= 15 is 0 Å². The maximum atomic E-state index is 9.05. The van der Waals surface area contributed by atoms with E-state index in [4.69, 9.17) is 9.84 Å². The first-order valence-corrected chi connectivity index (χ1v) is 6.04. The average Bonchev–Trinajstić information content (AvgIpc) is 2.25. The molecule has 0 aromatic heterocycles. The van der Waals surface area contributed by atoms with Crippen LogP contribution in [0.3, 0.4) is 0 Å². The van der Waals surface area contributed by atoms with Gasteiger partial charge in [-0.15, -0.1) is 0 Å². The number of rotatable bonds is 6.